The highest BCUT2D eigenvalue weighted by molar-refractivity contribution is 7.89. The molecule has 0 aliphatic heterocycles. The molecular formula is C10H10N2O2S. The summed E-state index contributed by atoms with van der Waals surface area (Å²) in [5, 5.41) is 1.50. The molecule has 0 radical (unpaired) electrons. The van der Waals surface area contributed by atoms with Crippen LogP contribution in [0.4, 0.5) is 0 Å². The number of sulfonamides is 1. The Morgan fingerprint density at radius 2 is 1.93 bits per heavy atom. The van der Waals surface area contributed by atoms with Gasteiger partial charge in [0.25, 0.3) is 0 Å². The van der Waals surface area contributed by atoms with Crippen molar-refractivity contribution in [2.75, 3.05) is 7.05 Å². The van der Waals surface area contributed by atoms with Gasteiger partial charge < -0.3 is 0 Å². The molecule has 0 aliphatic carbocycles. The smallest absolute Gasteiger partial charge is 0.242 e. The first-order chi connectivity index (χ1) is 7.15. The molecule has 5 heteroatoms. The van der Waals surface area contributed by atoms with E-state index in [1.54, 1.807) is 18.3 Å². The first kappa shape index (κ1) is 10.1. The van der Waals surface area contributed by atoms with Crippen LogP contribution in [0.3, 0.4) is 0 Å². The summed E-state index contributed by atoms with van der Waals surface area (Å²) in [6.45, 7) is 0. The molecule has 1 aromatic heterocycles. The number of nitrogens with zero attached hydrogens (tertiary/aromatic N) is 1. The molecule has 0 saturated carbocycles. The second-order valence-electron chi connectivity index (χ2n) is 3.07. The molecule has 0 atom stereocenters. The lowest BCUT2D eigenvalue weighted by Gasteiger charge is -2.05. The summed E-state index contributed by atoms with van der Waals surface area (Å²) >= 11 is 0. The molecule has 2 aromatic rings. The Balaban J connectivity index is 2.83. The third-order valence-electron chi connectivity index (χ3n) is 2.19. The van der Waals surface area contributed by atoms with Crippen molar-refractivity contribution in [2.24, 2.45) is 0 Å². The van der Waals surface area contributed by atoms with Gasteiger partial charge in [0.1, 0.15) is 4.90 Å². The van der Waals surface area contributed by atoms with Crippen LogP contribution < -0.4 is 4.72 Å². The maximum Gasteiger partial charge on any atom is 0.242 e. The molecule has 1 N–H and O–H groups in total. The van der Waals surface area contributed by atoms with E-state index in [0.29, 0.717) is 5.39 Å². The standard InChI is InChI=1S/C10H10N2O2S/c1-11-15(13,14)10-7-12-6-8-4-2-3-5-9(8)10/h2-7,11H,1H3. The van der Waals surface area contributed by atoms with Crippen LogP contribution in [0.15, 0.2) is 41.6 Å². The molecule has 0 aliphatic rings. The Hall–Kier alpha value is -1.46. The molecule has 1 aromatic carbocycles. The quantitative estimate of drug-likeness (QED) is 0.829. The molecule has 0 spiro atoms. The van der Waals surface area contributed by atoms with Crippen LogP contribution >= 0.6 is 0 Å². The number of rotatable bonds is 2. The number of hydrogen-bond donors (Lipinski definition) is 1. The van der Waals surface area contributed by atoms with Crippen molar-refractivity contribution < 1.29 is 8.42 Å². The fourth-order valence-electron chi connectivity index (χ4n) is 1.41. The second-order valence-corrected chi connectivity index (χ2v) is 4.92. The fraction of sp³-hybridized carbons (Fsp3) is 0.100. The largest absolute Gasteiger partial charge is 0.263 e. The van der Waals surface area contributed by atoms with E-state index in [-0.39, 0.29) is 4.90 Å². The number of hydrogen-bond acceptors (Lipinski definition) is 3. The minimum absolute atomic E-state index is 0.211. The van der Waals surface area contributed by atoms with Crippen LogP contribution in [0, 0.1) is 0 Å². The predicted molar refractivity (Wildman–Crippen MR) is 58.0 cm³/mol. The zero-order chi connectivity index (χ0) is 10.9. The van der Waals surface area contributed by atoms with E-state index < -0.39 is 10.0 Å². The summed E-state index contributed by atoms with van der Waals surface area (Å²) in [7, 11) is -2.05. The van der Waals surface area contributed by atoms with Gasteiger partial charge >= 0.3 is 0 Å². The Morgan fingerprint density at radius 1 is 1.20 bits per heavy atom. The maximum atomic E-state index is 11.7. The maximum absolute atomic E-state index is 11.7. The first-order valence-electron chi connectivity index (χ1n) is 4.41. The Kier molecular flexibility index (Phi) is 2.42. The van der Waals surface area contributed by atoms with Gasteiger partial charge in [-0.15, -0.1) is 0 Å². The zero-order valence-electron chi connectivity index (χ0n) is 8.14. The van der Waals surface area contributed by atoms with Crippen LogP contribution in [0.2, 0.25) is 0 Å². The van der Waals surface area contributed by atoms with E-state index >= 15 is 0 Å². The van der Waals surface area contributed by atoms with E-state index in [1.807, 2.05) is 12.1 Å². The van der Waals surface area contributed by atoms with E-state index in [4.69, 9.17) is 0 Å². The van der Waals surface area contributed by atoms with Crippen LogP contribution in [0.25, 0.3) is 10.8 Å². The lowest BCUT2D eigenvalue weighted by atomic mass is 10.2. The highest BCUT2D eigenvalue weighted by Crippen LogP contribution is 2.20. The summed E-state index contributed by atoms with van der Waals surface area (Å²) in [5.74, 6) is 0. The van der Waals surface area contributed by atoms with Crippen molar-refractivity contribution in [1.82, 2.24) is 9.71 Å². The molecule has 0 unspecified atom stereocenters. The van der Waals surface area contributed by atoms with Crippen LogP contribution in [0.5, 0.6) is 0 Å². The highest BCUT2D eigenvalue weighted by atomic mass is 32.2. The van der Waals surface area contributed by atoms with E-state index in [0.717, 1.165) is 5.39 Å². The lowest BCUT2D eigenvalue weighted by molar-refractivity contribution is 0.589. The van der Waals surface area contributed by atoms with E-state index in [2.05, 4.69) is 9.71 Å². The van der Waals surface area contributed by atoms with E-state index in [1.165, 1.54) is 13.2 Å². The summed E-state index contributed by atoms with van der Waals surface area (Å²) in [4.78, 5) is 4.12. The van der Waals surface area contributed by atoms with Gasteiger partial charge in [0, 0.05) is 23.2 Å². The minimum Gasteiger partial charge on any atom is -0.263 e. The highest BCUT2D eigenvalue weighted by Gasteiger charge is 2.14. The Labute approximate surface area is 88.0 Å². The summed E-state index contributed by atoms with van der Waals surface area (Å²) in [5.41, 5.74) is 0. The topological polar surface area (TPSA) is 59.1 Å². The zero-order valence-corrected chi connectivity index (χ0v) is 8.95. The molecule has 15 heavy (non-hydrogen) atoms. The van der Waals surface area contributed by atoms with Crippen molar-refractivity contribution in [1.29, 1.82) is 0 Å². The lowest BCUT2D eigenvalue weighted by Crippen LogP contribution is -2.19. The monoisotopic (exact) mass is 222 g/mol. The van der Waals surface area contributed by atoms with Gasteiger partial charge in [-0.1, -0.05) is 24.3 Å². The average Bonchev–Trinajstić information content (AvgIpc) is 2.28. The van der Waals surface area contributed by atoms with Gasteiger partial charge in [-0.05, 0) is 7.05 Å². The van der Waals surface area contributed by atoms with Gasteiger partial charge in [-0.2, -0.15) is 0 Å². The van der Waals surface area contributed by atoms with Crippen molar-refractivity contribution in [3.63, 3.8) is 0 Å². The third-order valence-corrected chi connectivity index (χ3v) is 3.63. The van der Waals surface area contributed by atoms with Gasteiger partial charge in [-0.25, -0.2) is 13.1 Å². The summed E-state index contributed by atoms with van der Waals surface area (Å²) in [6.07, 6.45) is 3.00. The van der Waals surface area contributed by atoms with E-state index in [9.17, 15) is 8.42 Å². The number of pyridine rings is 1. The minimum atomic E-state index is -3.44. The second kappa shape index (κ2) is 3.60. The third kappa shape index (κ3) is 1.71. The van der Waals surface area contributed by atoms with Crippen LogP contribution in [0.1, 0.15) is 0 Å². The van der Waals surface area contributed by atoms with Gasteiger partial charge in [0.05, 0.1) is 0 Å². The van der Waals surface area contributed by atoms with Gasteiger partial charge in [-0.3, -0.25) is 4.98 Å². The normalized spacial score (nSPS) is 11.8. The van der Waals surface area contributed by atoms with Crippen LogP contribution in [-0.4, -0.2) is 20.4 Å². The van der Waals surface area contributed by atoms with Crippen molar-refractivity contribution in [2.45, 2.75) is 4.90 Å². The SMILES string of the molecule is CNS(=O)(=O)c1cncc2ccccc12. The molecule has 4 nitrogen and oxygen atoms in total. The number of benzene rings is 1. The number of nitrogens with one attached hydrogen (secondary N) is 1. The Bertz CT molecular complexity index is 588. The number of aromatic nitrogens is 1. The van der Waals surface area contributed by atoms with Crippen molar-refractivity contribution in [3.05, 3.63) is 36.7 Å². The van der Waals surface area contributed by atoms with Crippen molar-refractivity contribution >= 4 is 20.8 Å². The molecule has 0 fully saturated rings. The molecule has 2 rings (SSSR count). The molecule has 0 amide bonds. The van der Waals surface area contributed by atoms with Crippen molar-refractivity contribution in [3.8, 4) is 0 Å². The molecule has 0 saturated heterocycles. The van der Waals surface area contributed by atoms with Gasteiger partial charge in [0.2, 0.25) is 10.0 Å². The predicted octanol–water partition coefficient (Wildman–Crippen LogP) is 1.14. The average molecular weight is 222 g/mol. The molecule has 1 heterocycles. The first-order valence-corrected chi connectivity index (χ1v) is 5.90. The van der Waals surface area contributed by atoms with Gasteiger partial charge in [0.15, 0.2) is 0 Å². The molecule has 78 valence electrons. The molecule has 0 bridgehead atoms. The summed E-state index contributed by atoms with van der Waals surface area (Å²) in [6, 6.07) is 7.25. The van der Waals surface area contributed by atoms with Crippen LogP contribution in [-0.2, 0) is 10.0 Å². The fourth-order valence-corrected chi connectivity index (χ4v) is 2.31. The summed E-state index contributed by atoms with van der Waals surface area (Å²) < 4.78 is 25.6. The Morgan fingerprint density at radius 3 is 2.67 bits per heavy atom. The molecular weight excluding hydrogens is 212 g/mol. The number of fused-ring (bicyclic) bond motifs is 1.